The summed E-state index contributed by atoms with van der Waals surface area (Å²) >= 11 is 0. The molecule has 17 heavy (non-hydrogen) atoms. The van der Waals surface area contributed by atoms with Gasteiger partial charge in [-0.2, -0.15) is 0 Å². The molecule has 1 rings (SSSR count). The highest BCUT2D eigenvalue weighted by Crippen LogP contribution is 2.26. The fourth-order valence-corrected chi connectivity index (χ4v) is 2.04. The third-order valence-electron chi connectivity index (χ3n) is 3.44. The van der Waals surface area contributed by atoms with E-state index in [9.17, 15) is 9.59 Å². The Morgan fingerprint density at radius 3 is 2.24 bits per heavy atom. The zero-order chi connectivity index (χ0) is 13.4. The highest BCUT2D eigenvalue weighted by molar-refractivity contribution is 5.84. The van der Waals surface area contributed by atoms with E-state index >= 15 is 0 Å². The number of hydrogen-bond donors (Lipinski definition) is 2. The van der Waals surface area contributed by atoms with E-state index in [1.165, 1.54) is 0 Å². The summed E-state index contributed by atoms with van der Waals surface area (Å²) in [7, 11) is 0. The molecule has 3 unspecified atom stereocenters. The van der Waals surface area contributed by atoms with Crippen molar-refractivity contribution in [3.8, 4) is 0 Å². The van der Waals surface area contributed by atoms with Crippen molar-refractivity contribution >= 4 is 11.9 Å². The van der Waals surface area contributed by atoms with E-state index in [0.717, 1.165) is 0 Å². The lowest BCUT2D eigenvalue weighted by Gasteiger charge is -2.29. The quantitative estimate of drug-likeness (QED) is 0.740. The van der Waals surface area contributed by atoms with Gasteiger partial charge in [0.1, 0.15) is 0 Å². The Bertz CT molecular complexity index is 322. The van der Waals surface area contributed by atoms with E-state index in [2.05, 4.69) is 0 Å². The second-order valence-corrected chi connectivity index (χ2v) is 6.01. The highest BCUT2D eigenvalue weighted by Gasteiger charge is 2.40. The zero-order valence-corrected chi connectivity index (χ0v) is 10.9. The maximum absolute atomic E-state index is 12.1. The van der Waals surface area contributed by atoms with Crippen molar-refractivity contribution < 1.29 is 14.7 Å². The first-order chi connectivity index (χ1) is 7.64. The van der Waals surface area contributed by atoms with Gasteiger partial charge in [-0.1, -0.05) is 27.7 Å². The maximum Gasteiger partial charge on any atom is 0.308 e. The van der Waals surface area contributed by atoms with Crippen molar-refractivity contribution in [3.63, 3.8) is 0 Å². The minimum absolute atomic E-state index is 0.0105. The molecule has 1 aliphatic heterocycles. The van der Waals surface area contributed by atoms with Crippen LogP contribution in [-0.4, -0.2) is 41.0 Å². The Labute approximate surface area is 102 Å². The van der Waals surface area contributed by atoms with Gasteiger partial charge in [0.25, 0.3) is 0 Å². The van der Waals surface area contributed by atoms with Gasteiger partial charge < -0.3 is 15.7 Å². The minimum atomic E-state index is -0.836. The lowest BCUT2D eigenvalue weighted by Crippen LogP contribution is -2.49. The van der Waals surface area contributed by atoms with Crippen LogP contribution in [0.25, 0.3) is 0 Å². The number of carboxylic acids is 1. The van der Waals surface area contributed by atoms with Gasteiger partial charge in [0.2, 0.25) is 5.91 Å². The van der Waals surface area contributed by atoms with Crippen LogP contribution in [0.2, 0.25) is 0 Å². The first-order valence-corrected chi connectivity index (χ1v) is 5.91. The van der Waals surface area contributed by atoms with E-state index in [0.29, 0.717) is 6.54 Å². The molecular weight excluding hydrogens is 220 g/mol. The monoisotopic (exact) mass is 242 g/mol. The van der Waals surface area contributed by atoms with Gasteiger partial charge in [-0.15, -0.1) is 0 Å². The van der Waals surface area contributed by atoms with Crippen LogP contribution in [0.4, 0.5) is 0 Å². The number of nitrogens with zero attached hydrogens (tertiary/aromatic N) is 1. The second-order valence-electron chi connectivity index (χ2n) is 6.01. The van der Waals surface area contributed by atoms with Crippen LogP contribution in [0, 0.1) is 17.3 Å². The Morgan fingerprint density at radius 1 is 1.35 bits per heavy atom. The van der Waals surface area contributed by atoms with E-state index in [1.54, 1.807) is 4.90 Å². The molecule has 1 aliphatic rings. The molecule has 0 bridgehead atoms. The zero-order valence-electron chi connectivity index (χ0n) is 10.9. The molecular formula is C12H22N2O3. The molecule has 1 saturated heterocycles. The number of amides is 1. The molecule has 0 aliphatic carbocycles. The Balaban J connectivity index is 2.71. The lowest BCUT2D eigenvalue weighted by atomic mass is 9.86. The van der Waals surface area contributed by atoms with Crippen LogP contribution in [0.1, 0.15) is 27.7 Å². The fourth-order valence-electron chi connectivity index (χ4n) is 2.04. The SMILES string of the molecule is CC1CN(C(=O)C(N)C(C)(C)C)CC1C(=O)O. The fraction of sp³-hybridized carbons (Fsp3) is 0.833. The average molecular weight is 242 g/mol. The molecule has 3 N–H and O–H groups in total. The van der Waals surface area contributed by atoms with Gasteiger partial charge in [-0.3, -0.25) is 9.59 Å². The summed E-state index contributed by atoms with van der Waals surface area (Å²) < 4.78 is 0. The summed E-state index contributed by atoms with van der Waals surface area (Å²) in [6, 6.07) is -0.581. The van der Waals surface area contributed by atoms with Crippen molar-refractivity contribution in [2.45, 2.75) is 33.7 Å². The first-order valence-electron chi connectivity index (χ1n) is 5.91. The summed E-state index contributed by atoms with van der Waals surface area (Å²) in [6.45, 7) is 8.34. The molecule has 1 amide bonds. The molecule has 0 radical (unpaired) electrons. The third-order valence-corrected chi connectivity index (χ3v) is 3.44. The van der Waals surface area contributed by atoms with Crippen molar-refractivity contribution in [1.29, 1.82) is 0 Å². The van der Waals surface area contributed by atoms with Gasteiger partial charge in [0, 0.05) is 13.1 Å². The van der Waals surface area contributed by atoms with Crippen LogP contribution in [0.5, 0.6) is 0 Å². The molecule has 3 atom stereocenters. The van der Waals surface area contributed by atoms with Crippen molar-refractivity contribution in [3.05, 3.63) is 0 Å². The number of carboxylic acid groups (broad SMARTS) is 1. The molecule has 1 fully saturated rings. The summed E-state index contributed by atoms with van der Waals surface area (Å²) in [5.74, 6) is -1.46. The Kier molecular flexibility index (Phi) is 3.81. The van der Waals surface area contributed by atoms with E-state index < -0.39 is 17.9 Å². The van der Waals surface area contributed by atoms with Crippen molar-refractivity contribution in [2.75, 3.05) is 13.1 Å². The van der Waals surface area contributed by atoms with E-state index in [4.69, 9.17) is 10.8 Å². The molecule has 0 aromatic rings. The summed E-state index contributed by atoms with van der Waals surface area (Å²) in [4.78, 5) is 24.7. The van der Waals surface area contributed by atoms with Crippen LogP contribution in [0.3, 0.4) is 0 Å². The number of aliphatic carboxylic acids is 1. The number of carbonyl (C=O) groups excluding carboxylic acids is 1. The largest absolute Gasteiger partial charge is 0.481 e. The Hall–Kier alpha value is -1.10. The number of likely N-dealkylation sites (tertiary alicyclic amines) is 1. The van der Waals surface area contributed by atoms with Gasteiger partial charge in [-0.05, 0) is 11.3 Å². The Morgan fingerprint density at radius 2 is 1.88 bits per heavy atom. The lowest BCUT2D eigenvalue weighted by molar-refractivity contribution is -0.142. The van der Waals surface area contributed by atoms with Crippen LogP contribution < -0.4 is 5.73 Å². The molecule has 0 saturated carbocycles. The first kappa shape index (κ1) is 14.0. The number of hydrogen-bond acceptors (Lipinski definition) is 3. The minimum Gasteiger partial charge on any atom is -0.481 e. The summed E-state index contributed by atoms with van der Waals surface area (Å²) in [5, 5.41) is 9.01. The standard InChI is InChI=1S/C12H22N2O3/c1-7-5-14(6-8(7)11(16)17)10(15)9(13)12(2,3)4/h7-9H,5-6,13H2,1-4H3,(H,16,17). The second kappa shape index (κ2) is 4.64. The maximum atomic E-state index is 12.1. The van der Waals surface area contributed by atoms with Gasteiger partial charge in [-0.25, -0.2) is 0 Å². The third kappa shape index (κ3) is 2.97. The average Bonchev–Trinajstić information content (AvgIpc) is 2.56. The van der Waals surface area contributed by atoms with Crippen LogP contribution in [-0.2, 0) is 9.59 Å². The normalized spacial score (nSPS) is 27.0. The van der Waals surface area contributed by atoms with Gasteiger partial charge in [0.15, 0.2) is 0 Å². The predicted octanol–water partition coefficient (Wildman–Crippen LogP) is 0.539. The molecule has 0 aromatic carbocycles. The smallest absolute Gasteiger partial charge is 0.308 e. The van der Waals surface area contributed by atoms with Crippen molar-refractivity contribution in [1.82, 2.24) is 4.90 Å². The number of carbonyl (C=O) groups is 2. The highest BCUT2D eigenvalue weighted by atomic mass is 16.4. The molecule has 5 heteroatoms. The number of rotatable bonds is 2. The van der Waals surface area contributed by atoms with E-state index in [1.807, 2.05) is 27.7 Å². The molecule has 5 nitrogen and oxygen atoms in total. The number of nitrogens with two attached hydrogens (primary N) is 1. The van der Waals surface area contributed by atoms with Gasteiger partial charge in [0.05, 0.1) is 12.0 Å². The van der Waals surface area contributed by atoms with E-state index in [-0.39, 0.29) is 23.8 Å². The topological polar surface area (TPSA) is 83.6 Å². The van der Waals surface area contributed by atoms with Gasteiger partial charge >= 0.3 is 5.97 Å². The van der Waals surface area contributed by atoms with Crippen LogP contribution in [0.15, 0.2) is 0 Å². The molecule has 1 heterocycles. The molecule has 0 aromatic heterocycles. The van der Waals surface area contributed by atoms with Crippen molar-refractivity contribution in [2.24, 2.45) is 23.0 Å². The summed E-state index contributed by atoms with van der Waals surface area (Å²) in [5.41, 5.74) is 5.60. The molecule has 0 spiro atoms. The molecule has 98 valence electrons. The summed E-state index contributed by atoms with van der Waals surface area (Å²) in [6.07, 6.45) is 0. The van der Waals surface area contributed by atoms with Crippen LogP contribution >= 0.6 is 0 Å². The predicted molar refractivity (Wildman–Crippen MR) is 64.3 cm³/mol.